The molecule has 0 aromatic heterocycles. The smallest absolute Gasteiger partial charge is 0.416 e. The van der Waals surface area contributed by atoms with Gasteiger partial charge in [-0.05, 0) is 67.8 Å². The van der Waals surface area contributed by atoms with Crippen LogP contribution in [0.5, 0.6) is 11.5 Å². The molecule has 0 aliphatic rings. The lowest BCUT2D eigenvalue weighted by atomic mass is 10.1. The fourth-order valence-corrected chi connectivity index (χ4v) is 2.06. The van der Waals surface area contributed by atoms with Crippen LogP contribution in [0, 0.1) is 6.92 Å². The van der Waals surface area contributed by atoms with E-state index in [1.165, 1.54) is 12.1 Å². The molecule has 0 aliphatic heterocycles. The van der Waals surface area contributed by atoms with Crippen LogP contribution in [0.1, 0.15) is 23.1 Å². The molecule has 0 bridgehead atoms. The maximum atomic E-state index is 12.5. The van der Waals surface area contributed by atoms with Gasteiger partial charge in [0, 0.05) is 0 Å². The molecule has 0 radical (unpaired) electrons. The first-order valence-corrected chi connectivity index (χ1v) is 7.05. The average molecular weight is 309 g/mol. The molecule has 0 fully saturated rings. The van der Waals surface area contributed by atoms with Crippen LogP contribution in [0.2, 0.25) is 0 Å². The summed E-state index contributed by atoms with van der Waals surface area (Å²) in [6.07, 6.45) is -2.61. The Morgan fingerprint density at radius 2 is 1.73 bits per heavy atom. The van der Waals surface area contributed by atoms with Crippen LogP contribution in [0.15, 0.2) is 42.5 Å². The van der Waals surface area contributed by atoms with E-state index in [0.717, 1.165) is 36.1 Å². The van der Waals surface area contributed by atoms with Gasteiger partial charge in [-0.25, -0.2) is 0 Å². The molecule has 0 aliphatic carbocycles. The highest BCUT2D eigenvalue weighted by atomic mass is 19.4. The van der Waals surface area contributed by atoms with Crippen molar-refractivity contribution in [2.75, 3.05) is 6.54 Å². The maximum Gasteiger partial charge on any atom is 0.416 e. The van der Waals surface area contributed by atoms with Crippen molar-refractivity contribution >= 4 is 0 Å². The maximum absolute atomic E-state index is 12.5. The third-order valence-corrected chi connectivity index (χ3v) is 3.33. The van der Waals surface area contributed by atoms with Crippen molar-refractivity contribution in [3.05, 3.63) is 59.2 Å². The number of rotatable bonds is 5. The van der Waals surface area contributed by atoms with Gasteiger partial charge in [0.25, 0.3) is 0 Å². The number of halogens is 3. The van der Waals surface area contributed by atoms with Gasteiger partial charge in [0.05, 0.1) is 5.56 Å². The van der Waals surface area contributed by atoms with Gasteiger partial charge in [0.2, 0.25) is 0 Å². The molecule has 2 N–H and O–H groups in total. The third kappa shape index (κ3) is 4.24. The lowest BCUT2D eigenvalue weighted by molar-refractivity contribution is -0.137. The van der Waals surface area contributed by atoms with Crippen molar-refractivity contribution < 1.29 is 17.9 Å². The van der Waals surface area contributed by atoms with E-state index in [1.807, 2.05) is 25.1 Å². The quantitative estimate of drug-likeness (QED) is 0.869. The van der Waals surface area contributed by atoms with E-state index in [-0.39, 0.29) is 0 Å². The monoisotopic (exact) mass is 309 g/mol. The molecule has 0 spiro atoms. The van der Waals surface area contributed by atoms with Crippen molar-refractivity contribution in [3.63, 3.8) is 0 Å². The van der Waals surface area contributed by atoms with Crippen LogP contribution in [0.4, 0.5) is 13.2 Å². The normalized spacial score (nSPS) is 11.5. The van der Waals surface area contributed by atoms with E-state index in [2.05, 4.69) is 0 Å². The number of alkyl halides is 3. The van der Waals surface area contributed by atoms with Crippen LogP contribution in [-0.2, 0) is 12.6 Å². The molecule has 118 valence electrons. The summed E-state index contributed by atoms with van der Waals surface area (Å²) in [5, 5.41) is 0. The summed E-state index contributed by atoms with van der Waals surface area (Å²) < 4.78 is 43.3. The van der Waals surface area contributed by atoms with Crippen molar-refractivity contribution in [1.82, 2.24) is 0 Å². The summed E-state index contributed by atoms with van der Waals surface area (Å²) in [6, 6.07) is 10.5. The second-order valence-electron chi connectivity index (χ2n) is 5.12. The number of hydrogen-bond acceptors (Lipinski definition) is 2. The predicted octanol–water partition coefficient (Wildman–Crippen LogP) is 4.70. The number of ether oxygens (including phenoxy) is 1. The topological polar surface area (TPSA) is 35.2 Å². The summed E-state index contributed by atoms with van der Waals surface area (Å²) >= 11 is 0. The molecule has 0 atom stereocenters. The van der Waals surface area contributed by atoms with Crippen LogP contribution in [-0.4, -0.2) is 6.54 Å². The van der Waals surface area contributed by atoms with Crippen LogP contribution >= 0.6 is 0 Å². The molecule has 2 rings (SSSR count). The zero-order chi connectivity index (χ0) is 16.2. The number of hydrogen-bond donors (Lipinski definition) is 1. The first-order chi connectivity index (χ1) is 10.4. The molecular weight excluding hydrogens is 291 g/mol. The second kappa shape index (κ2) is 6.83. The summed E-state index contributed by atoms with van der Waals surface area (Å²) in [4.78, 5) is 0. The van der Waals surface area contributed by atoms with Gasteiger partial charge in [-0.15, -0.1) is 0 Å². The lowest BCUT2D eigenvalue weighted by Gasteiger charge is -2.12. The summed E-state index contributed by atoms with van der Waals surface area (Å²) in [5.41, 5.74) is 6.83. The molecule has 0 heterocycles. The minimum atomic E-state index is -4.34. The molecule has 0 unspecified atom stereocenters. The zero-order valence-corrected chi connectivity index (χ0v) is 12.3. The van der Waals surface area contributed by atoms with Crippen LogP contribution in [0.25, 0.3) is 0 Å². The highest BCUT2D eigenvalue weighted by Gasteiger charge is 2.30. The van der Waals surface area contributed by atoms with Gasteiger partial charge in [0.1, 0.15) is 11.5 Å². The number of aryl methyl sites for hydroxylation is 2. The van der Waals surface area contributed by atoms with Gasteiger partial charge in [-0.1, -0.05) is 12.1 Å². The van der Waals surface area contributed by atoms with Gasteiger partial charge in [-0.2, -0.15) is 13.2 Å². The highest BCUT2D eigenvalue weighted by Crippen LogP contribution is 2.32. The first kappa shape index (κ1) is 16.4. The third-order valence-electron chi connectivity index (χ3n) is 3.33. The van der Waals surface area contributed by atoms with E-state index in [1.54, 1.807) is 0 Å². The fraction of sp³-hybridized carbons (Fsp3) is 0.294. The molecule has 2 aromatic rings. The Balaban J connectivity index is 2.16. The Morgan fingerprint density at radius 1 is 1.05 bits per heavy atom. The van der Waals surface area contributed by atoms with Crippen LogP contribution < -0.4 is 10.5 Å². The Morgan fingerprint density at radius 3 is 2.32 bits per heavy atom. The van der Waals surface area contributed by atoms with Gasteiger partial charge in [-0.3, -0.25) is 0 Å². The lowest BCUT2D eigenvalue weighted by Crippen LogP contribution is -2.04. The van der Waals surface area contributed by atoms with Gasteiger partial charge in [0.15, 0.2) is 0 Å². The Labute approximate surface area is 127 Å². The highest BCUT2D eigenvalue weighted by molar-refractivity contribution is 5.41. The average Bonchev–Trinajstić information content (AvgIpc) is 2.47. The summed E-state index contributed by atoms with van der Waals surface area (Å²) in [6.45, 7) is 2.51. The summed E-state index contributed by atoms with van der Waals surface area (Å²) in [5.74, 6) is 1.03. The Bertz CT molecular complexity index is 621. The van der Waals surface area contributed by atoms with Gasteiger partial charge < -0.3 is 10.5 Å². The molecule has 5 heteroatoms. The zero-order valence-electron chi connectivity index (χ0n) is 12.3. The van der Waals surface area contributed by atoms with E-state index < -0.39 is 11.7 Å². The van der Waals surface area contributed by atoms with E-state index in [0.29, 0.717) is 18.0 Å². The minimum Gasteiger partial charge on any atom is -0.457 e. The van der Waals surface area contributed by atoms with Crippen molar-refractivity contribution in [2.24, 2.45) is 5.73 Å². The SMILES string of the molecule is Cc1ccc(CCCN)cc1Oc1ccc(C(F)(F)F)cc1. The second-order valence-corrected chi connectivity index (χ2v) is 5.12. The molecule has 22 heavy (non-hydrogen) atoms. The van der Waals surface area contributed by atoms with Crippen molar-refractivity contribution in [3.8, 4) is 11.5 Å². The van der Waals surface area contributed by atoms with E-state index >= 15 is 0 Å². The molecule has 2 nitrogen and oxygen atoms in total. The van der Waals surface area contributed by atoms with Gasteiger partial charge >= 0.3 is 6.18 Å². The minimum absolute atomic E-state index is 0.382. The first-order valence-electron chi connectivity index (χ1n) is 7.05. The Kier molecular flexibility index (Phi) is 5.08. The molecule has 0 amide bonds. The van der Waals surface area contributed by atoms with Crippen molar-refractivity contribution in [1.29, 1.82) is 0 Å². The molecular formula is C17H18F3NO. The standard InChI is InChI=1S/C17H18F3NO/c1-12-4-5-13(3-2-10-21)11-16(12)22-15-8-6-14(7-9-15)17(18,19)20/h4-9,11H,2-3,10,21H2,1H3. The molecule has 0 saturated carbocycles. The van der Waals surface area contributed by atoms with Crippen molar-refractivity contribution in [2.45, 2.75) is 25.9 Å². The largest absolute Gasteiger partial charge is 0.457 e. The molecule has 2 aromatic carbocycles. The Hall–Kier alpha value is -2.01. The number of nitrogens with two attached hydrogens (primary N) is 1. The van der Waals surface area contributed by atoms with Crippen LogP contribution in [0.3, 0.4) is 0 Å². The molecule has 0 saturated heterocycles. The van der Waals surface area contributed by atoms with E-state index in [9.17, 15) is 13.2 Å². The van der Waals surface area contributed by atoms with E-state index in [4.69, 9.17) is 10.5 Å². The predicted molar refractivity (Wildman–Crippen MR) is 80.1 cm³/mol. The fourth-order valence-electron chi connectivity index (χ4n) is 2.06. The number of benzene rings is 2. The summed E-state index contributed by atoms with van der Waals surface area (Å²) in [7, 11) is 0.